The lowest BCUT2D eigenvalue weighted by Crippen LogP contribution is -2.45. The van der Waals surface area contributed by atoms with Crippen LogP contribution in [0.25, 0.3) is 0 Å². The Hall–Kier alpha value is -1.13. The lowest BCUT2D eigenvalue weighted by molar-refractivity contribution is -0.123. The third-order valence-corrected chi connectivity index (χ3v) is 11.7. The van der Waals surface area contributed by atoms with Gasteiger partial charge in [-0.05, 0) is 38.5 Å². The van der Waals surface area contributed by atoms with Crippen molar-refractivity contribution < 1.29 is 15.0 Å². The number of hydrogen-bond acceptors (Lipinski definition) is 3. The summed E-state index contributed by atoms with van der Waals surface area (Å²) in [5.74, 6) is -0.0436. The number of rotatable bonds is 46. The number of allylic oxidation sites excluding steroid dienone is 4. The van der Waals surface area contributed by atoms with Crippen LogP contribution in [-0.2, 0) is 4.79 Å². The van der Waals surface area contributed by atoms with Crippen LogP contribution in [0.2, 0.25) is 0 Å². The van der Waals surface area contributed by atoms with Gasteiger partial charge in [0.25, 0.3) is 0 Å². The monoisotopic (exact) mass is 774 g/mol. The summed E-state index contributed by atoms with van der Waals surface area (Å²) in [6.45, 7) is 4.31. The predicted octanol–water partition coefficient (Wildman–Crippen LogP) is 16.0. The fraction of sp³-hybridized carbons (Fsp3) is 0.902. The third kappa shape index (κ3) is 43.8. The van der Waals surface area contributed by atoms with E-state index in [4.69, 9.17) is 0 Å². The van der Waals surface area contributed by atoms with Crippen LogP contribution in [0.1, 0.15) is 277 Å². The smallest absolute Gasteiger partial charge is 0.220 e. The molecule has 2 atom stereocenters. The zero-order chi connectivity index (χ0) is 40.0. The zero-order valence-electron chi connectivity index (χ0n) is 37.5. The summed E-state index contributed by atoms with van der Waals surface area (Å²) < 4.78 is 0. The molecule has 326 valence electrons. The second-order valence-electron chi connectivity index (χ2n) is 17.2. The summed E-state index contributed by atoms with van der Waals surface area (Å²) in [7, 11) is 0. The fourth-order valence-corrected chi connectivity index (χ4v) is 7.87. The van der Waals surface area contributed by atoms with E-state index >= 15 is 0 Å². The number of aliphatic hydroxyl groups is 2. The summed E-state index contributed by atoms with van der Waals surface area (Å²) in [6, 6.07) is -0.542. The van der Waals surface area contributed by atoms with Gasteiger partial charge in [0.05, 0.1) is 18.8 Å². The van der Waals surface area contributed by atoms with Crippen molar-refractivity contribution in [1.29, 1.82) is 0 Å². The minimum Gasteiger partial charge on any atom is -0.394 e. The highest BCUT2D eigenvalue weighted by atomic mass is 16.3. The van der Waals surface area contributed by atoms with Gasteiger partial charge in [0.1, 0.15) is 0 Å². The van der Waals surface area contributed by atoms with Crippen molar-refractivity contribution in [3.63, 3.8) is 0 Å². The van der Waals surface area contributed by atoms with Crippen LogP contribution in [0.5, 0.6) is 0 Å². The van der Waals surface area contributed by atoms with E-state index < -0.39 is 12.1 Å². The number of aliphatic hydroxyl groups excluding tert-OH is 2. The summed E-state index contributed by atoms with van der Waals surface area (Å²) >= 11 is 0. The summed E-state index contributed by atoms with van der Waals surface area (Å²) in [4.78, 5) is 12.4. The molecule has 0 rings (SSSR count). The molecule has 0 aliphatic heterocycles. The molecule has 0 spiro atoms. The Morgan fingerprint density at radius 2 is 0.782 bits per heavy atom. The van der Waals surface area contributed by atoms with Gasteiger partial charge >= 0.3 is 0 Å². The number of hydrogen-bond donors (Lipinski definition) is 3. The molecule has 0 aliphatic rings. The molecule has 0 fully saturated rings. The van der Waals surface area contributed by atoms with Crippen molar-refractivity contribution in [2.24, 2.45) is 0 Å². The van der Waals surface area contributed by atoms with E-state index in [1.165, 1.54) is 205 Å². The molecular weight excluding hydrogens is 675 g/mol. The molecule has 0 saturated heterocycles. The van der Waals surface area contributed by atoms with Crippen molar-refractivity contribution in [3.8, 4) is 0 Å². The molecule has 1 amide bonds. The summed E-state index contributed by atoms with van der Waals surface area (Å²) in [5, 5.41) is 23.2. The van der Waals surface area contributed by atoms with Crippen molar-refractivity contribution in [2.45, 2.75) is 289 Å². The first kappa shape index (κ1) is 53.9. The first-order chi connectivity index (χ1) is 27.2. The van der Waals surface area contributed by atoms with E-state index in [-0.39, 0.29) is 12.5 Å². The molecular formula is C51H99NO3. The summed E-state index contributed by atoms with van der Waals surface area (Å²) in [5.41, 5.74) is 0. The Morgan fingerprint density at radius 1 is 0.436 bits per heavy atom. The molecule has 0 aromatic rings. The lowest BCUT2D eigenvalue weighted by Gasteiger charge is -2.22. The van der Waals surface area contributed by atoms with Crippen molar-refractivity contribution in [1.82, 2.24) is 5.32 Å². The second-order valence-corrected chi connectivity index (χ2v) is 17.2. The van der Waals surface area contributed by atoms with E-state index in [0.29, 0.717) is 12.8 Å². The van der Waals surface area contributed by atoms with E-state index in [1.807, 2.05) is 0 Å². The number of nitrogens with one attached hydrogen (secondary N) is 1. The van der Waals surface area contributed by atoms with Gasteiger partial charge in [-0.3, -0.25) is 4.79 Å². The fourth-order valence-electron chi connectivity index (χ4n) is 7.87. The van der Waals surface area contributed by atoms with Crippen LogP contribution >= 0.6 is 0 Å². The van der Waals surface area contributed by atoms with E-state index in [2.05, 4.69) is 43.5 Å². The molecule has 4 heteroatoms. The van der Waals surface area contributed by atoms with Gasteiger partial charge in [0, 0.05) is 6.42 Å². The average Bonchev–Trinajstić information content (AvgIpc) is 3.19. The normalized spacial score (nSPS) is 13.0. The maximum atomic E-state index is 12.4. The molecule has 0 aliphatic carbocycles. The van der Waals surface area contributed by atoms with E-state index in [1.54, 1.807) is 0 Å². The number of carbonyl (C=O) groups is 1. The maximum absolute atomic E-state index is 12.4. The molecule has 0 radical (unpaired) electrons. The first-order valence-electron chi connectivity index (χ1n) is 25.0. The van der Waals surface area contributed by atoms with E-state index in [0.717, 1.165) is 44.9 Å². The molecule has 0 aromatic carbocycles. The number of carbonyl (C=O) groups excluding carboxylic acids is 1. The molecule has 0 bridgehead atoms. The van der Waals surface area contributed by atoms with Gasteiger partial charge in [-0.25, -0.2) is 0 Å². The van der Waals surface area contributed by atoms with Gasteiger partial charge in [-0.2, -0.15) is 0 Å². The van der Waals surface area contributed by atoms with Crippen LogP contribution in [0, 0.1) is 0 Å². The van der Waals surface area contributed by atoms with Crippen LogP contribution < -0.4 is 5.32 Å². The predicted molar refractivity (Wildman–Crippen MR) is 244 cm³/mol. The first-order valence-corrected chi connectivity index (χ1v) is 25.0. The molecule has 0 aromatic heterocycles. The minimum absolute atomic E-state index is 0.0436. The number of unbranched alkanes of at least 4 members (excludes halogenated alkanes) is 35. The Labute approximate surface area is 345 Å². The third-order valence-electron chi connectivity index (χ3n) is 11.7. The van der Waals surface area contributed by atoms with Gasteiger partial charge in [-0.15, -0.1) is 0 Å². The van der Waals surface area contributed by atoms with Crippen molar-refractivity contribution in [2.75, 3.05) is 6.61 Å². The Morgan fingerprint density at radius 3 is 1.16 bits per heavy atom. The molecule has 0 heterocycles. The van der Waals surface area contributed by atoms with Crippen LogP contribution in [0.15, 0.2) is 24.3 Å². The highest BCUT2D eigenvalue weighted by Gasteiger charge is 2.20. The molecule has 4 nitrogen and oxygen atoms in total. The summed E-state index contributed by atoms with van der Waals surface area (Å²) in [6.07, 6.45) is 61.5. The largest absolute Gasteiger partial charge is 0.394 e. The average molecular weight is 774 g/mol. The number of amides is 1. The van der Waals surface area contributed by atoms with E-state index in [9.17, 15) is 15.0 Å². The van der Waals surface area contributed by atoms with Gasteiger partial charge in [-0.1, -0.05) is 256 Å². The quantitative estimate of drug-likeness (QED) is 0.0426. The van der Waals surface area contributed by atoms with Crippen molar-refractivity contribution >= 4 is 5.91 Å². The standard InChI is InChI=1S/C51H99NO3/c1-3-5-7-9-11-13-15-17-18-19-20-21-22-23-24-25-26-27-28-29-30-31-32-33-35-36-38-40-42-44-46-50(54)49(48-53)52-51(55)47-45-43-41-39-37-34-16-14-12-10-8-6-4-2/h8,10,14,16,49-50,53-54H,3-7,9,11-13,15,17-48H2,1-2H3,(H,52,55)/b10-8-,16-14-. The van der Waals surface area contributed by atoms with Crippen LogP contribution in [-0.4, -0.2) is 34.9 Å². The molecule has 55 heavy (non-hydrogen) atoms. The van der Waals surface area contributed by atoms with Gasteiger partial charge in [0.15, 0.2) is 0 Å². The highest BCUT2D eigenvalue weighted by molar-refractivity contribution is 5.76. The van der Waals surface area contributed by atoms with Crippen LogP contribution in [0.4, 0.5) is 0 Å². The van der Waals surface area contributed by atoms with Crippen molar-refractivity contribution in [3.05, 3.63) is 24.3 Å². The van der Waals surface area contributed by atoms with Crippen LogP contribution in [0.3, 0.4) is 0 Å². The van der Waals surface area contributed by atoms with Gasteiger partial charge < -0.3 is 15.5 Å². The Bertz CT molecular complexity index is 795. The minimum atomic E-state index is -0.664. The molecule has 0 saturated carbocycles. The topological polar surface area (TPSA) is 69.6 Å². The maximum Gasteiger partial charge on any atom is 0.220 e. The van der Waals surface area contributed by atoms with Gasteiger partial charge in [0.2, 0.25) is 5.91 Å². The molecule has 3 N–H and O–H groups in total. The zero-order valence-corrected chi connectivity index (χ0v) is 37.5. The Kier molecular flexibility index (Phi) is 46.3. The lowest BCUT2D eigenvalue weighted by atomic mass is 10.0. The second kappa shape index (κ2) is 47.2. The Balaban J connectivity index is 3.40. The SMILES string of the molecule is CCC/C=C\C/C=C\CCCCCCCC(=O)NC(CO)C(O)CCCCCCCCCCCCCCCCCCCCCCCCCCCCCCCC. The highest BCUT2D eigenvalue weighted by Crippen LogP contribution is 2.17. The molecule has 2 unspecified atom stereocenters.